The summed E-state index contributed by atoms with van der Waals surface area (Å²) in [5.41, 5.74) is 0.364. The van der Waals surface area contributed by atoms with Gasteiger partial charge in [-0.25, -0.2) is 9.18 Å². The molecule has 2 rings (SSSR count). The number of carbonyl (C=O) groups excluding carboxylic acids is 1. The van der Waals surface area contributed by atoms with Crippen molar-refractivity contribution in [2.45, 2.75) is 18.9 Å². The van der Waals surface area contributed by atoms with Gasteiger partial charge in [-0.05, 0) is 31.0 Å². The van der Waals surface area contributed by atoms with E-state index in [1.807, 2.05) is 0 Å². The molecule has 2 amide bonds. The summed E-state index contributed by atoms with van der Waals surface area (Å²) in [5, 5.41) is 12.2. The number of hydrogen-bond donors (Lipinski definition) is 2. The maximum atomic E-state index is 12.9. The lowest BCUT2D eigenvalue weighted by Gasteiger charge is -2.30. The minimum Gasteiger partial charge on any atom is -0.391 e. The molecule has 4 nitrogen and oxygen atoms in total. The lowest BCUT2D eigenvalue weighted by Crippen LogP contribution is -2.44. The number of hydrogen-bond acceptors (Lipinski definition) is 2. The van der Waals surface area contributed by atoms with Gasteiger partial charge in [0.2, 0.25) is 0 Å². The van der Waals surface area contributed by atoms with E-state index in [2.05, 4.69) is 5.32 Å². The van der Waals surface area contributed by atoms with Crippen molar-refractivity contribution in [3.05, 3.63) is 29.0 Å². The van der Waals surface area contributed by atoms with Crippen LogP contribution in [0.2, 0.25) is 5.02 Å². The number of rotatable bonds is 1. The van der Waals surface area contributed by atoms with Crippen molar-refractivity contribution < 1.29 is 14.3 Å². The van der Waals surface area contributed by atoms with Gasteiger partial charge in [0, 0.05) is 13.1 Å². The molecule has 18 heavy (non-hydrogen) atoms. The molecule has 0 unspecified atom stereocenters. The number of aliphatic hydroxyl groups is 1. The Labute approximate surface area is 109 Å². The third-order valence-electron chi connectivity index (χ3n) is 2.86. The van der Waals surface area contributed by atoms with E-state index in [-0.39, 0.29) is 11.1 Å². The second-order valence-corrected chi connectivity index (χ2v) is 4.70. The first-order chi connectivity index (χ1) is 8.56. The van der Waals surface area contributed by atoms with Gasteiger partial charge in [-0.3, -0.25) is 0 Å². The molecule has 0 spiro atoms. The summed E-state index contributed by atoms with van der Waals surface area (Å²) in [6, 6.07) is 3.45. The Kier molecular flexibility index (Phi) is 4.04. The highest BCUT2D eigenvalue weighted by atomic mass is 35.5. The number of amides is 2. The summed E-state index contributed by atoms with van der Waals surface area (Å²) in [7, 11) is 0. The van der Waals surface area contributed by atoms with E-state index in [1.165, 1.54) is 17.0 Å². The van der Waals surface area contributed by atoms with Crippen LogP contribution in [0.25, 0.3) is 0 Å². The number of nitrogens with zero attached hydrogens (tertiary/aromatic N) is 1. The third-order valence-corrected chi connectivity index (χ3v) is 3.17. The summed E-state index contributed by atoms with van der Waals surface area (Å²) in [5.74, 6) is -0.452. The van der Waals surface area contributed by atoms with E-state index in [1.54, 1.807) is 0 Å². The molecule has 1 saturated heterocycles. The Morgan fingerprint density at radius 3 is 3.00 bits per heavy atom. The van der Waals surface area contributed by atoms with Crippen molar-refractivity contribution >= 4 is 23.3 Å². The normalized spacial score (nSPS) is 19.7. The smallest absolute Gasteiger partial charge is 0.321 e. The van der Waals surface area contributed by atoms with E-state index < -0.39 is 11.9 Å². The molecule has 1 aromatic rings. The van der Waals surface area contributed by atoms with Crippen LogP contribution in [0.3, 0.4) is 0 Å². The number of anilines is 1. The number of aliphatic hydroxyl groups excluding tert-OH is 1. The molecule has 1 heterocycles. The van der Waals surface area contributed by atoms with Crippen LogP contribution in [-0.2, 0) is 0 Å². The third kappa shape index (κ3) is 3.11. The van der Waals surface area contributed by atoms with Gasteiger partial charge >= 0.3 is 6.03 Å². The van der Waals surface area contributed by atoms with Crippen molar-refractivity contribution in [1.29, 1.82) is 0 Å². The predicted octanol–water partition coefficient (Wildman–Crippen LogP) is 2.47. The summed E-state index contributed by atoms with van der Waals surface area (Å²) in [6.45, 7) is 0.909. The summed E-state index contributed by atoms with van der Waals surface area (Å²) < 4.78 is 12.9. The van der Waals surface area contributed by atoms with Gasteiger partial charge in [-0.15, -0.1) is 0 Å². The number of benzene rings is 1. The SMILES string of the molecule is O=C(Nc1ccc(F)cc1Cl)N1CCC[C@@H](O)C1. The fourth-order valence-electron chi connectivity index (χ4n) is 1.92. The Bertz CT molecular complexity index is 456. The van der Waals surface area contributed by atoms with Crippen molar-refractivity contribution in [3.8, 4) is 0 Å². The fraction of sp³-hybridized carbons (Fsp3) is 0.417. The van der Waals surface area contributed by atoms with E-state index in [9.17, 15) is 14.3 Å². The Hall–Kier alpha value is -1.33. The highest BCUT2D eigenvalue weighted by molar-refractivity contribution is 6.33. The molecule has 0 saturated carbocycles. The van der Waals surface area contributed by atoms with Gasteiger partial charge in [0.15, 0.2) is 0 Å². The highest BCUT2D eigenvalue weighted by Gasteiger charge is 2.22. The zero-order valence-corrected chi connectivity index (χ0v) is 10.5. The Morgan fingerprint density at radius 1 is 1.56 bits per heavy atom. The average Bonchev–Trinajstić information content (AvgIpc) is 2.32. The number of piperidine rings is 1. The van der Waals surface area contributed by atoms with Crippen molar-refractivity contribution in [1.82, 2.24) is 4.90 Å². The van der Waals surface area contributed by atoms with E-state index in [0.29, 0.717) is 25.2 Å². The summed E-state index contributed by atoms with van der Waals surface area (Å²) in [4.78, 5) is 13.4. The second-order valence-electron chi connectivity index (χ2n) is 4.30. The highest BCUT2D eigenvalue weighted by Crippen LogP contribution is 2.23. The molecule has 2 N–H and O–H groups in total. The molecule has 1 fully saturated rings. The summed E-state index contributed by atoms with van der Waals surface area (Å²) >= 11 is 5.82. The molecule has 98 valence electrons. The molecule has 0 aromatic heterocycles. The number of halogens is 2. The quantitative estimate of drug-likeness (QED) is 0.825. The van der Waals surface area contributed by atoms with Crippen LogP contribution < -0.4 is 5.32 Å². The second kappa shape index (κ2) is 5.54. The lowest BCUT2D eigenvalue weighted by atomic mass is 10.1. The molecular weight excluding hydrogens is 259 g/mol. The van der Waals surface area contributed by atoms with Crippen LogP contribution in [0.1, 0.15) is 12.8 Å². The minimum atomic E-state index is -0.479. The first kappa shape index (κ1) is 13.1. The molecule has 1 aliphatic heterocycles. The maximum absolute atomic E-state index is 12.9. The van der Waals surface area contributed by atoms with Gasteiger partial charge < -0.3 is 15.3 Å². The van der Waals surface area contributed by atoms with Gasteiger partial charge in [0.25, 0.3) is 0 Å². The van der Waals surface area contributed by atoms with E-state index >= 15 is 0 Å². The topological polar surface area (TPSA) is 52.6 Å². The minimum absolute atomic E-state index is 0.154. The van der Waals surface area contributed by atoms with Crippen molar-refractivity contribution in [2.24, 2.45) is 0 Å². The number of urea groups is 1. The number of carbonyl (C=O) groups is 1. The lowest BCUT2D eigenvalue weighted by molar-refractivity contribution is 0.0883. The zero-order chi connectivity index (χ0) is 13.1. The van der Waals surface area contributed by atoms with Crippen LogP contribution in [0.5, 0.6) is 0 Å². The van der Waals surface area contributed by atoms with Gasteiger partial charge in [-0.1, -0.05) is 11.6 Å². The van der Waals surface area contributed by atoms with E-state index in [0.717, 1.165) is 12.5 Å². The molecule has 0 bridgehead atoms. The van der Waals surface area contributed by atoms with Crippen LogP contribution in [0, 0.1) is 5.82 Å². The molecule has 6 heteroatoms. The molecule has 0 radical (unpaired) electrons. The number of β-amino-alcohol motifs (C(OH)–C–C–N with tert-alkyl or cyclic N) is 1. The molecule has 1 atom stereocenters. The monoisotopic (exact) mass is 272 g/mol. The molecule has 1 aliphatic rings. The van der Waals surface area contributed by atoms with Gasteiger partial charge in [-0.2, -0.15) is 0 Å². The largest absolute Gasteiger partial charge is 0.391 e. The fourth-order valence-corrected chi connectivity index (χ4v) is 2.14. The first-order valence-electron chi connectivity index (χ1n) is 5.75. The molecular formula is C12H14ClFN2O2. The van der Waals surface area contributed by atoms with Crippen LogP contribution >= 0.6 is 11.6 Å². The number of nitrogens with one attached hydrogen (secondary N) is 1. The van der Waals surface area contributed by atoms with Crippen molar-refractivity contribution in [3.63, 3.8) is 0 Å². The summed E-state index contributed by atoms with van der Waals surface area (Å²) in [6.07, 6.45) is 1.00. The Morgan fingerprint density at radius 2 is 2.33 bits per heavy atom. The Balaban J connectivity index is 2.02. The van der Waals surface area contributed by atoms with Crippen LogP contribution in [0.4, 0.5) is 14.9 Å². The van der Waals surface area contributed by atoms with Gasteiger partial charge in [0.05, 0.1) is 16.8 Å². The van der Waals surface area contributed by atoms with Crippen LogP contribution in [-0.4, -0.2) is 35.2 Å². The average molecular weight is 273 g/mol. The number of likely N-dealkylation sites (tertiary alicyclic amines) is 1. The van der Waals surface area contributed by atoms with Crippen LogP contribution in [0.15, 0.2) is 18.2 Å². The standard InChI is InChI=1S/C12H14ClFN2O2/c13-10-6-8(14)3-4-11(10)15-12(18)16-5-1-2-9(17)7-16/h3-4,6,9,17H,1-2,5,7H2,(H,15,18)/t9-/m1/s1. The maximum Gasteiger partial charge on any atom is 0.321 e. The van der Waals surface area contributed by atoms with E-state index in [4.69, 9.17) is 11.6 Å². The van der Waals surface area contributed by atoms with Crippen molar-refractivity contribution in [2.75, 3.05) is 18.4 Å². The molecule has 0 aliphatic carbocycles. The zero-order valence-electron chi connectivity index (χ0n) is 9.70. The first-order valence-corrected chi connectivity index (χ1v) is 6.13. The molecule has 1 aromatic carbocycles. The van der Waals surface area contributed by atoms with Gasteiger partial charge in [0.1, 0.15) is 5.82 Å². The predicted molar refractivity (Wildman–Crippen MR) is 67.2 cm³/mol.